The summed E-state index contributed by atoms with van der Waals surface area (Å²) in [5, 5.41) is 2.86. The van der Waals surface area contributed by atoms with Crippen LogP contribution in [0.5, 0.6) is 0 Å². The maximum atomic E-state index is 13.0. The van der Waals surface area contributed by atoms with Crippen molar-refractivity contribution >= 4 is 23.7 Å². The molecule has 1 fully saturated rings. The van der Waals surface area contributed by atoms with Crippen LogP contribution in [0.4, 0.5) is 0 Å². The maximum absolute atomic E-state index is 13.0. The van der Waals surface area contributed by atoms with E-state index >= 15 is 0 Å². The minimum absolute atomic E-state index is 0.182. The highest BCUT2D eigenvalue weighted by Gasteiger charge is 2.41. The minimum Gasteiger partial charge on any atom is -0.466 e. The van der Waals surface area contributed by atoms with Crippen molar-refractivity contribution < 1.29 is 23.9 Å². The molecule has 0 saturated carbocycles. The van der Waals surface area contributed by atoms with Crippen LogP contribution in [-0.2, 0) is 23.9 Å². The molecule has 0 radical (unpaired) electrons. The zero-order valence-corrected chi connectivity index (χ0v) is 18.3. The van der Waals surface area contributed by atoms with Gasteiger partial charge in [-0.15, -0.1) is 0 Å². The first-order valence-corrected chi connectivity index (χ1v) is 10.6. The van der Waals surface area contributed by atoms with Crippen molar-refractivity contribution in [2.45, 2.75) is 91.1 Å². The molecule has 1 aliphatic rings. The van der Waals surface area contributed by atoms with E-state index in [4.69, 9.17) is 10.5 Å². The number of nitrogens with two attached hydrogens (primary N) is 1. The van der Waals surface area contributed by atoms with Gasteiger partial charge >= 0.3 is 5.97 Å². The number of likely N-dealkylation sites (tertiary alicyclic amines) is 1. The molecule has 2 unspecified atom stereocenters. The summed E-state index contributed by atoms with van der Waals surface area (Å²) in [6.45, 7) is 8.32. The lowest BCUT2D eigenvalue weighted by Gasteiger charge is -2.35. The Kier molecular flexibility index (Phi) is 10.1. The fourth-order valence-corrected chi connectivity index (χ4v) is 3.52. The third kappa shape index (κ3) is 8.41. The second-order valence-corrected chi connectivity index (χ2v) is 8.68. The van der Waals surface area contributed by atoms with Crippen LogP contribution >= 0.6 is 0 Å². The Morgan fingerprint density at radius 3 is 2.28 bits per heavy atom. The molecule has 0 spiro atoms. The molecule has 0 aromatic heterocycles. The average molecular weight is 412 g/mol. The Morgan fingerprint density at radius 1 is 1.10 bits per heavy atom. The zero-order chi connectivity index (χ0) is 22.0. The van der Waals surface area contributed by atoms with Crippen LogP contribution in [0.3, 0.4) is 0 Å². The van der Waals surface area contributed by atoms with Crippen molar-refractivity contribution in [3.05, 3.63) is 0 Å². The van der Waals surface area contributed by atoms with Gasteiger partial charge in [0.05, 0.1) is 6.61 Å². The first-order valence-electron chi connectivity index (χ1n) is 10.6. The van der Waals surface area contributed by atoms with Gasteiger partial charge in [0.15, 0.2) is 0 Å². The Morgan fingerprint density at radius 2 is 1.72 bits per heavy atom. The number of nitrogens with one attached hydrogen (secondary N) is 1. The van der Waals surface area contributed by atoms with Gasteiger partial charge in [-0.3, -0.25) is 19.2 Å². The summed E-state index contributed by atoms with van der Waals surface area (Å²) in [4.78, 5) is 49.9. The van der Waals surface area contributed by atoms with E-state index < -0.39 is 23.4 Å². The lowest BCUT2D eigenvalue weighted by atomic mass is 9.85. The summed E-state index contributed by atoms with van der Waals surface area (Å²) < 4.78 is 4.88. The lowest BCUT2D eigenvalue weighted by Crippen LogP contribution is -2.57. The van der Waals surface area contributed by atoms with Crippen molar-refractivity contribution in [1.82, 2.24) is 10.2 Å². The van der Waals surface area contributed by atoms with Gasteiger partial charge in [-0.1, -0.05) is 33.6 Å². The van der Waals surface area contributed by atoms with Gasteiger partial charge in [-0.25, -0.2) is 0 Å². The molecule has 8 nitrogen and oxygen atoms in total. The van der Waals surface area contributed by atoms with Gasteiger partial charge in [-0.05, 0) is 38.0 Å². The summed E-state index contributed by atoms with van der Waals surface area (Å²) in [7, 11) is 0. The number of nitrogens with zero attached hydrogens (tertiary/aromatic N) is 1. The Bertz CT molecular complexity index is 585. The number of rotatable bonds is 11. The van der Waals surface area contributed by atoms with Gasteiger partial charge in [0.1, 0.15) is 12.1 Å². The highest BCUT2D eigenvalue weighted by molar-refractivity contribution is 5.92. The van der Waals surface area contributed by atoms with Crippen LogP contribution in [0.15, 0.2) is 0 Å². The SMILES string of the molecule is CCOC(=O)CCCCCCC(=O)NC(C(=O)N1CCCC1C(N)=O)C(C)(C)C. The van der Waals surface area contributed by atoms with Gasteiger partial charge in [0.25, 0.3) is 0 Å². The fraction of sp³-hybridized carbons (Fsp3) is 0.810. The molecular weight excluding hydrogens is 374 g/mol. The van der Waals surface area contributed by atoms with E-state index in [1.54, 1.807) is 6.92 Å². The molecule has 1 saturated heterocycles. The summed E-state index contributed by atoms with van der Waals surface area (Å²) in [5.41, 5.74) is 4.94. The second-order valence-electron chi connectivity index (χ2n) is 8.68. The number of hydrogen-bond donors (Lipinski definition) is 2. The molecule has 0 aromatic rings. The van der Waals surface area contributed by atoms with Gasteiger partial charge < -0.3 is 20.7 Å². The van der Waals surface area contributed by atoms with Crippen LogP contribution in [0.1, 0.15) is 79.1 Å². The van der Waals surface area contributed by atoms with E-state index in [-0.39, 0.29) is 17.8 Å². The van der Waals surface area contributed by atoms with Gasteiger partial charge in [-0.2, -0.15) is 0 Å². The first-order chi connectivity index (χ1) is 13.6. The number of unbranched alkanes of at least 4 members (excludes halogenated alkanes) is 3. The molecule has 1 rings (SSSR count). The molecule has 3 N–H and O–H groups in total. The molecule has 0 aliphatic carbocycles. The summed E-state index contributed by atoms with van der Waals surface area (Å²) in [6, 6.07) is -1.30. The molecule has 2 atom stereocenters. The van der Waals surface area contributed by atoms with E-state index in [1.165, 1.54) is 4.90 Å². The number of esters is 1. The van der Waals surface area contributed by atoms with Crippen LogP contribution in [0.2, 0.25) is 0 Å². The molecule has 1 aliphatic heterocycles. The van der Waals surface area contributed by atoms with Crippen LogP contribution < -0.4 is 11.1 Å². The highest BCUT2D eigenvalue weighted by Crippen LogP contribution is 2.25. The first kappa shape index (κ1) is 24.9. The summed E-state index contributed by atoms with van der Waals surface area (Å²) in [6.07, 6.45) is 5.13. The standard InChI is InChI=1S/C21H37N3O5/c1-5-29-17(26)13-9-7-6-8-12-16(25)23-18(21(2,3)4)20(28)24-14-10-11-15(24)19(22)27/h15,18H,5-14H2,1-4H3,(H2,22,27)(H,23,25). The third-order valence-electron chi connectivity index (χ3n) is 5.12. The molecule has 8 heteroatoms. The molecule has 1 heterocycles. The lowest BCUT2D eigenvalue weighted by molar-refractivity contribution is -0.143. The van der Waals surface area contributed by atoms with Gasteiger partial charge in [0.2, 0.25) is 17.7 Å². The van der Waals surface area contributed by atoms with Crippen molar-refractivity contribution in [3.8, 4) is 0 Å². The molecule has 0 bridgehead atoms. The van der Waals surface area contributed by atoms with E-state index in [0.29, 0.717) is 38.8 Å². The number of primary amides is 1. The predicted octanol–water partition coefficient (Wildman–Crippen LogP) is 1.90. The highest BCUT2D eigenvalue weighted by atomic mass is 16.5. The molecular formula is C21H37N3O5. The van der Waals surface area contributed by atoms with E-state index in [0.717, 1.165) is 25.7 Å². The maximum Gasteiger partial charge on any atom is 0.305 e. The number of carbonyl (C=O) groups excluding carboxylic acids is 4. The largest absolute Gasteiger partial charge is 0.466 e. The third-order valence-corrected chi connectivity index (χ3v) is 5.12. The smallest absolute Gasteiger partial charge is 0.305 e. The zero-order valence-electron chi connectivity index (χ0n) is 18.3. The number of ether oxygens (including phenoxy) is 1. The Hall–Kier alpha value is -2.12. The van der Waals surface area contributed by atoms with Gasteiger partial charge in [0, 0.05) is 19.4 Å². The monoisotopic (exact) mass is 411 g/mol. The van der Waals surface area contributed by atoms with Crippen molar-refractivity contribution in [3.63, 3.8) is 0 Å². The van der Waals surface area contributed by atoms with Crippen LogP contribution in [0.25, 0.3) is 0 Å². The van der Waals surface area contributed by atoms with Crippen molar-refractivity contribution in [2.75, 3.05) is 13.2 Å². The van der Waals surface area contributed by atoms with Crippen LogP contribution in [-0.4, -0.2) is 53.8 Å². The molecule has 166 valence electrons. The molecule has 29 heavy (non-hydrogen) atoms. The minimum atomic E-state index is -0.709. The molecule has 3 amide bonds. The number of hydrogen-bond acceptors (Lipinski definition) is 5. The van der Waals surface area contributed by atoms with Crippen molar-refractivity contribution in [1.29, 1.82) is 0 Å². The fourth-order valence-electron chi connectivity index (χ4n) is 3.52. The average Bonchev–Trinajstić information content (AvgIpc) is 3.11. The van der Waals surface area contributed by atoms with Crippen molar-refractivity contribution in [2.24, 2.45) is 11.1 Å². The van der Waals surface area contributed by atoms with Crippen LogP contribution in [0, 0.1) is 5.41 Å². The second kappa shape index (κ2) is 11.8. The predicted molar refractivity (Wildman–Crippen MR) is 110 cm³/mol. The van der Waals surface area contributed by atoms with E-state index in [1.807, 2.05) is 20.8 Å². The van der Waals surface area contributed by atoms with E-state index in [9.17, 15) is 19.2 Å². The Labute approximate surface area is 173 Å². The quantitative estimate of drug-likeness (QED) is 0.397. The van der Waals surface area contributed by atoms with E-state index in [2.05, 4.69) is 5.32 Å². The summed E-state index contributed by atoms with van der Waals surface area (Å²) in [5.74, 6) is -1.12. The Balaban J connectivity index is 2.48. The number of carbonyl (C=O) groups is 4. The topological polar surface area (TPSA) is 119 Å². The normalized spacial score (nSPS) is 17.7. The molecule has 0 aromatic carbocycles. The summed E-state index contributed by atoms with van der Waals surface area (Å²) >= 11 is 0. The number of amides is 3.